The maximum Gasteiger partial charge on any atom is 0.253 e. The van der Waals surface area contributed by atoms with Crippen LogP contribution in [0.1, 0.15) is 0 Å². The number of aromatic nitrogens is 4. The van der Waals surface area contributed by atoms with Crippen molar-refractivity contribution in [1.82, 2.24) is 19.6 Å². The van der Waals surface area contributed by atoms with Gasteiger partial charge >= 0.3 is 0 Å². The molecule has 0 bridgehead atoms. The summed E-state index contributed by atoms with van der Waals surface area (Å²) in [5, 5.41) is 10.7. The molecule has 0 aromatic carbocycles. The molecule has 0 atom stereocenters. The van der Waals surface area contributed by atoms with Crippen molar-refractivity contribution in [2.75, 3.05) is 0 Å². The Labute approximate surface area is 117 Å². The maximum absolute atomic E-state index is 4.57. The van der Waals surface area contributed by atoms with Gasteiger partial charge in [-0.05, 0) is 29.0 Å². The molecular formula is C13H8N4S2. The van der Waals surface area contributed by atoms with E-state index in [4.69, 9.17) is 0 Å². The van der Waals surface area contributed by atoms with Gasteiger partial charge in [0.05, 0.1) is 10.6 Å². The Morgan fingerprint density at radius 1 is 1.11 bits per heavy atom. The van der Waals surface area contributed by atoms with Crippen LogP contribution in [0.4, 0.5) is 0 Å². The number of hydrogen-bond donors (Lipinski definition) is 0. The fourth-order valence-corrected chi connectivity index (χ4v) is 3.24. The van der Waals surface area contributed by atoms with Gasteiger partial charge in [-0.15, -0.1) is 16.4 Å². The quantitative estimate of drug-likeness (QED) is 0.565. The minimum Gasteiger partial charge on any atom is -0.220 e. The molecule has 19 heavy (non-hydrogen) atoms. The van der Waals surface area contributed by atoms with Crippen LogP contribution in [0, 0.1) is 0 Å². The summed E-state index contributed by atoms with van der Waals surface area (Å²) in [5.41, 5.74) is 2.15. The minimum absolute atomic E-state index is 0.632. The zero-order valence-electron chi connectivity index (χ0n) is 9.72. The van der Waals surface area contributed by atoms with Crippen LogP contribution in [0.25, 0.3) is 27.7 Å². The molecule has 0 amide bonds. The van der Waals surface area contributed by atoms with Crippen LogP contribution in [0.3, 0.4) is 0 Å². The lowest BCUT2D eigenvalue weighted by atomic mass is 10.2. The van der Waals surface area contributed by atoms with Gasteiger partial charge in [0.2, 0.25) is 0 Å². The van der Waals surface area contributed by atoms with E-state index in [0.29, 0.717) is 5.78 Å². The highest BCUT2D eigenvalue weighted by atomic mass is 32.1. The summed E-state index contributed by atoms with van der Waals surface area (Å²) in [6.45, 7) is 0. The Morgan fingerprint density at radius 2 is 2.11 bits per heavy atom. The third-order valence-corrected chi connectivity index (χ3v) is 4.35. The number of hydrogen-bond acceptors (Lipinski definition) is 5. The molecule has 0 aliphatic heterocycles. The molecule has 4 aromatic heterocycles. The average Bonchev–Trinajstić information content (AvgIpc) is 3.18. The van der Waals surface area contributed by atoms with E-state index in [1.54, 1.807) is 33.4 Å². The molecule has 0 fully saturated rings. The lowest BCUT2D eigenvalue weighted by Gasteiger charge is -1.99. The van der Waals surface area contributed by atoms with Gasteiger partial charge in [0.15, 0.2) is 5.82 Å². The van der Waals surface area contributed by atoms with E-state index < -0.39 is 0 Å². The maximum atomic E-state index is 4.57. The Balaban J connectivity index is 1.97. The van der Waals surface area contributed by atoms with E-state index in [0.717, 1.165) is 22.0 Å². The van der Waals surface area contributed by atoms with Crippen molar-refractivity contribution in [3.05, 3.63) is 46.6 Å². The second-order valence-electron chi connectivity index (χ2n) is 3.97. The second-order valence-corrected chi connectivity index (χ2v) is 5.69. The van der Waals surface area contributed by atoms with Crippen LogP contribution >= 0.6 is 22.7 Å². The van der Waals surface area contributed by atoms with E-state index in [2.05, 4.69) is 31.9 Å². The molecule has 0 aliphatic carbocycles. The summed E-state index contributed by atoms with van der Waals surface area (Å²) in [5.74, 6) is 1.36. The number of fused-ring (bicyclic) bond motifs is 1. The van der Waals surface area contributed by atoms with Crippen molar-refractivity contribution in [2.24, 2.45) is 0 Å². The summed E-state index contributed by atoms with van der Waals surface area (Å²) < 4.78 is 1.80. The number of nitrogens with zero attached hydrogens (tertiary/aromatic N) is 4. The molecule has 4 aromatic rings. The highest BCUT2D eigenvalue weighted by Gasteiger charge is 2.11. The SMILES string of the molecule is c1csc(-c2nc3nccc(-c4ccsc4)n3n2)c1. The lowest BCUT2D eigenvalue weighted by Crippen LogP contribution is -1.94. The van der Waals surface area contributed by atoms with Gasteiger partial charge in [-0.1, -0.05) is 6.07 Å². The Kier molecular flexibility index (Phi) is 2.43. The summed E-state index contributed by atoms with van der Waals surface area (Å²) >= 11 is 3.30. The normalized spacial score (nSPS) is 11.2. The Hall–Kier alpha value is -2.05. The van der Waals surface area contributed by atoms with Gasteiger partial charge < -0.3 is 0 Å². The Morgan fingerprint density at radius 3 is 2.89 bits per heavy atom. The summed E-state index contributed by atoms with van der Waals surface area (Å²) in [4.78, 5) is 9.82. The first-order chi connectivity index (χ1) is 9.42. The highest BCUT2D eigenvalue weighted by molar-refractivity contribution is 7.13. The third kappa shape index (κ3) is 1.76. The van der Waals surface area contributed by atoms with Crippen LogP contribution in [0.15, 0.2) is 46.6 Å². The van der Waals surface area contributed by atoms with Crippen LogP contribution in [-0.2, 0) is 0 Å². The predicted molar refractivity (Wildman–Crippen MR) is 77.4 cm³/mol. The van der Waals surface area contributed by atoms with Crippen molar-refractivity contribution in [3.63, 3.8) is 0 Å². The predicted octanol–water partition coefficient (Wildman–Crippen LogP) is 3.58. The smallest absolute Gasteiger partial charge is 0.220 e. The monoisotopic (exact) mass is 284 g/mol. The topological polar surface area (TPSA) is 43.1 Å². The standard InChI is InChI=1S/C13H8N4S2/c1-2-11(19-6-1)12-15-13-14-5-3-10(17(13)16-12)9-4-7-18-8-9/h1-8H. The van der Waals surface area contributed by atoms with Crippen molar-refractivity contribution < 1.29 is 0 Å². The van der Waals surface area contributed by atoms with Gasteiger partial charge in [0.25, 0.3) is 5.78 Å². The fourth-order valence-electron chi connectivity index (χ4n) is 1.93. The van der Waals surface area contributed by atoms with E-state index in [-0.39, 0.29) is 0 Å². The second kappa shape index (κ2) is 4.25. The molecule has 4 nitrogen and oxygen atoms in total. The molecule has 0 N–H and O–H groups in total. The minimum atomic E-state index is 0.632. The van der Waals surface area contributed by atoms with Gasteiger partial charge in [-0.25, -0.2) is 4.98 Å². The summed E-state index contributed by atoms with van der Waals surface area (Å²) in [6.07, 6.45) is 1.77. The van der Waals surface area contributed by atoms with Gasteiger partial charge in [-0.3, -0.25) is 0 Å². The van der Waals surface area contributed by atoms with Crippen LogP contribution in [-0.4, -0.2) is 19.6 Å². The van der Waals surface area contributed by atoms with Gasteiger partial charge in [0.1, 0.15) is 0 Å². The zero-order chi connectivity index (χ0) is 12.7. The molecule has 0 unspecified atom stereocenters. The highest BCUT2D eigenvalue weighted by Crippen LogP contribution is 2.25. The average molecular weight is 284 g/mol. The first-order valence-electron chi connectivity index (χ1n) is 5.70. The first kappa shape index (κ1) is 10.8. The number of rotatable bonds is 2. The van der Waals surface area contributed by atoms with Gasteiger partial charge in [-0.2, -0.15) is 20.8 Å². The summed E-state index contributed by atoms with van der Waals surface area (Å²) in [6, 6.07) is 8.05. The lowest BCUT2D eigenvalue weighted by molar-refractivity contribution is 0.953. The molecule has 0 radical (unpaired) electrons. The molecule has 6 heteroatoms. The van der Waals surface area contributed by atoms with E-state index in [9.17, 15) is 0 Å². The molecule has 0 aliphatic rings. The first-order valence-corrected chi connectivity index (χ1v) is 7.52. The third-order valence-electron chi connectivity index (χ3n) is 2.80. The zero-order valence-corrected chi connectivity index (χ0v) is 11.4. The molecule has 4 heterocycles. The van der Waals surface area contributed by atoms with Crippen molar-refractivity contribution in [2.45, 2.75) is 0 Å². The van der Waals surface area contributed by atoms with Gasteiger partial charge in [0, 0.05) is 17.1 Å². The van der Waals surface area contributed by atoms with Crippen LogP contribution in [0.5, 0.6) is 0 Å². The molecule has 0 saturated carbocycles. The largest absolute Gasteiger partial charge is 0.253 e. The molecule has 4 rings (SSSR count). The molecule has 0 spiro atoms. The van der Waals surface area contributed by atoms with Crippen LogP contribution in [0.2, 0.25) is 0 Å². The van der Waals surface area contributed by atoms with E-state index >= 15 is 0 Å². The Bertz CT molecular complexity index is 816. The number of thiophene rings is 2. The van der Waals surface area contributed by atoms with Crippen LogP contribution < -0.4 is 0 Å². The molecule has 92 valence electrons. The molecular weight excluding hydrogens is 276 g/mol. The van der Waals surface area contributed by atoms with E-state index in [1.165, 1.54) is 0 Å². The fraction of sp³-hybridized carbons (Fsp3) is 0. The van der Waals surface area contributed by atoms with Crippen molar-refractivity contribution in [1.29, 1.82) is 0 Å². The van der Waals surface area contributed by atoms with E-state index in [1.807, 2.05) is 23.6 Å². The molecule has 0 saturated heterocycles. The summed E-state index contributed by atoms with van der Waals surface area (Å²) in [7, 11) is 0. The van der Waals surface area contributed by atoms with Crippen molar-refractivity contribution >= 4 is 28.5 Å². The van der Waals surface area contributed by atoms with Crippen molar-refractivity contribution in [3.8, 4) is 22.0 Å².